The van der Waals surface area contributed by atoms with Crippen LogP contribution in [0.5, 0.6) is 0 Å². The highest BCUT2D eigenvalue weighted by Gasteiger charge is 2.18. The highest BCUT2D eigenvalue weighted by atomic mass is 16.5. The number of nitrogens with one attached hydrogen (secondary N) is 2. The number of carbonyl (C=O) groups is 2. The van der Waals surface area contributed by atoms with Crippen LogP contribution >= 0.6 is 0 Å². The fourth-order valence-electron chi connectivity index (χ4n) is 0.683. The molecule has 1 atom stereocenters. The number of amides is 2. The van der Waals surface area contributed by atoms with Crippen LogP contribution in [0.3, 0.4) is 0 Å². The van der Waals surface area contributed by atoms with Crippen molar-refractivity contribution in [2.45, 2.75) is 26.8 Å². The van der Waals surface area contributed by atoms with E-state index in [1.807, 2.05) is 13.8 Å². The van der Waals surface area contributed by atoms with Crippen LogP contribution in [0.2, 0.25) is 0 Å². The lowest BCUT2D eigenvalue weighted by atomic mass is 10.3. The minimum absolute atomic E-state index is 0.220. The zero-order valence-corrected chi connectivity index (χ0v) is 9.66. The second-order valence-electron chi connectivity index (χ2n) is 2.21. The summed E-state index contributed by atoms with van der Waals surface area (Å²) in [7, 11) is 1.41. The number of carbonyl (C=O) groups excluding carboxylic acids is 2. The summed E-state index contributed by atoms with van der Waals surface area (Å²) in [6.45, 7) is 5.41. The molecule has 0 bridgehead atoms. The first-order valence-electron chi connectivity index (χ1n) is 4.91. The number of alkyl carbamates (subject to hydrolysis) is 1. The van der Waals surface area contributed by atoms with Crippen LogP contribution in [-0.2, 0) is 9.53 Å². The van der Waals surface area contributed by atoms with Gasteiger partial charge in [0.25, 0.3) is 0 Å². The molecule has 0 heterocycles. The average molecular weight is 220 g/mol. The molecular weight excluding hydrogens is 200 g/mol. The van der Waals surface area contributed by atoms with Crippen LogP contribution in [0.25, 0.3) is 0 Å². The van der Waals surface area contributed by atoms with Crippen molar-refractivity contribution in [1.82, 2.24) is 10.6 Å². The summed E-state index contributed by atoms with van der Waals surface area (Å²) in [4.78, 5) is 21.7. The third-order valence-electron chi connectivity index (χ3n) is 1.31. The van der Waals surface area contributed by atoms with Crippen molar-refractivity contribution in [3.8, 4) is 0 Å². The predicted molar refractivity (Wildman–Crippen MR) is 56.4 cm³/mol. The Morgan fingerprint density at radius 1 is 1.40 bits per heavy atom. The molecule has 0 aliphatic heterocycles. The van der Waals surface area contributed by atoms with E-state index in [0.29, 0.717) is 0 Å². The van der Waals surface area contributed by atoms with Gasteiger partial charge in [-0.2, -0.15) is 0 Å². The number of hydrogen-bond acceptors (Lipinski definition) is 4. The molecule has 15 heavy (non-hydrogen) atoms. The normalized spacial score (nSPS) is 10.5. The molecule has 0 aromatic rings. The van der Waals surface area contributed by atoms with Crippen LogP contribution in [0, 0.1) is 0 Å². The lowest BCUT2D eigenvalue weighted by Gasteiger charge is -2.13. The van der Waals surface area contributed by atoms with Gasteiger partial charge >= 0.3 is 6.09 Å². The minimum Gasteiger partial charge on any atom is -0.450 e. The molecule has 0 aliphatic carbocycles. The first kappa shape index (κ1) is 16.1. The van der Waals surface area contributed by atoms with E-state index in [1.54, 1.807) is 6.92 Å². The Morgan fingerprint density at radius 2 is 1.93 bits per heavy atom. The van der Waals surface area contributed by atoms with E-state index in [1.165, 1.54) is 7.05 Å². The van der Waals surface area contributed by atoms with Crippen LogP contribution in [0.1, 0.15) is 20.8 Å². The second kappa shape index (κ2) is 10.8. The van der Waals surface area contributed by atoms with E-state index in [9.17, 15) is 9.59 Å². The third kappa shape index (κ3) is 7.75. The fourth-order valence-corrected chi connectivity index (χ4v) is 0.683. The van der Waals surface area contributed by atoms with Gasteiger partial charge in [-0.1, -0.05) is 13.8 Å². The van der Waals surface area contributed by atoms with Crippen molar-refractivity contribution >= 4 is 12.0 Å². The van der Waals surface area contributed by atoms with Gasteiger partial charge in [0, 0.05) is 7.05 Å². The smallest absolute Gasteiger partial charge is 0.407 e. The van der Waals surface area contributed by atoms with E-state index >= 15 is 0 Å². The first-order valence-corrected chi connectivity index (χ1v) is 4.91. The molecule has 0 rings (SSSR count). The number of aliphatic hydroxyl groups is 1. The fraction of sp³-hybridized carbons (Fsp3) is 0.778. The number of hydrogen-bond donors (Lipinski definition) is 3. The van der Waals surface area contributed by atoms with Gasteiger partial charge in [0.1, 0.15) is 6.04 Å². The first-order chi connectivity index (χ1) is 7.15. The Bertz CT molecular complexity index is 185. The molecule has 0 spiro atoms. The Morgan fingerprint density at radius 3 is 2.27 bits per heavy atom. The molecule has 0 aromatic carbocycles. The van der Waals surface area contributed by atoms with Gasteiger partial charge in [-0.25, -0.2) is 4.79 Å². The van der Waals surface area contributed by atoms with E-state index in [0.717, 1.165) is 0 Å². The summed E-state index contributed by atoms with van der Waals surface area (Å²) in [5, 5.41) is 13.2. The predicted octanol–water partition coefficient (Wildman–Crippen LogP) is -0.134. The molecule has 0 saturated heterocycles. The lowest BCUT2D eigenvalue weighted by Crippen LogP contribution is -2.48. The molecule has 0 radical (unpaired) electrons. The number of aliphatic hydroxyl groups excluding tert-OH is 1. The highest BCUT2D eigenvalue weighted by Crippen LogP contribution is 1.85. The lowest BCUT2D eigenvalue weighted by molar-refractivity contribution is -0.123. The largest absolute Gasteiger partial charge is 0.450 e. The standard InChI is InChI=1S/C7H14N2O4.C2H6/c1-3-13-7(12)9-5(4-10)6(11)8-2;1-2/h5,10H,3-4H2,1-2H3,(H,8,11)(H,9,12);1-2H3. The summed E-state index contributed by atoms with van der Waals surface area (Å²) in [6.07, 6.45) is -0.717. The van der Waals surface area contributed by atoms with E-state index in [4.69, 9.17) is 5.11 Å². The summed E-state index contributed by atoms with van der Waals surface area (Å²) < 4.78 is 4.53. The van der Waals surface area contributed by atoms with Crippen molar-refractivity contribution in [3.05, 3.63) is 0 Å². The summed E-state index contributed by atoms with van der Waals surface area (Å²) in [5.74, 6) is -0.462. The molecule has 3 N–H and O–H groups in total. The second-order valence-corrected chi connectivity index (χ2v) is 2.21. The molecule has 0 aliphatic rings. The molecular formula is C9H20N2O4. The maximum atomic E-state index is 10.9. The quantitative estimate of drug-likeness (QED) is 0.615. The van der Waals surface area contributed by atoms with Crippen LogP contribution in [0.4, 0.5) is 4.79 Å². The third-order valence-corrected chi connectivity index (χ3v) is 1.31. The maximum absolute atomic E-state index is 10.9. The van der Waals surface area contributed by atoms with Crippen LogP contribution in [0.15, 0.2) is 0 Å². The highest BCUT2D eigenvalue weighted by molar-refractivity contribution is 5.85. The molecule has 90 valence electrons. The van der Waals surface area contributed by atoms with E-state index in [2.05, 4.69) is 15.4 Å². The average Bonchev–Trinajstić information content (AvgIpc) is 2.28. The van der Waals surface area contributed by atoms with Gasteiger partial charge in [-0.3, -0.25) is 4.79 Å². The molecule has 0 aromatic heterocycles. The summed E-state index contributed by atoms with van der Waals surface area (Å²) in [6, 6.07) is -0.955. The Labute approximate surface area is 90.0 Å². The zero-order chi connectivity index (χ0) is 12.3. The van der Waals surface area contributed by atoms with Crippen molar-refractivity contribution in [2.24, 2.45) is 0 Å². The Hall–Kier alpha value is -1.30. The number of ether oxygens (including phenoxy) is 1. The van der Waals surface area contributed by atoms with Gasteiger partial charge in [-0.05, 0) is 6.92 Å². The molecule has 6 nitrogen and oxygen atoms in total. The molecule has 0 saturated carbocycles. The van der Waals surface area contributed by atoms with Crippen molar-refractivity contribution in [2.75, 3.05) is 20.3 Å². The molecule has 0 fully saturated rings. The number of likely N-dealkylation sites (N-methyl/N-ethyl adjacent to an activating group) is 1. The van der Waals surface area contributed by atoms with Gasteiger partial charge < -0.3 is 20.5 Å². The maximum Gasteiger partial charge on any atom is 0.407 e. The van der Waals surface area contributed by atoms with E-state index in [-0.39, 0.29) is 6.61 Å². The Kier molecular flexibility index (Phi) is 11.6. The van der Waals surface area contributed by atoms with Gasteiger partial charge in [0.05, 0.1) is 13.2 Å². The van der Waals surface area contributed by atoms with Crippen molar-refractivity contribution in [3.63, 3.8) is 0 Å². The van der Waals surface area contributed by atoms with Crippen molar-refractivity contribution in [1.29, 1.82) is 0 Å². The Balaban J connectivity index is 0. The minimum atomic E-state index is -0.955. The topological polar surface area (TPSA) is 87.7 Å². The molecule has 6 heteroatoms. The van der Waals surface area contributed by atoms with Gasteiger partial charge in [-0.15, -0.1) is 0 Å². The number of rotatable bonds is 4. The molecule has 2 amide bonds. The van der Waals surface area contributed by atoms with Gasteiger partial charge in [0.15, 0.2) is 0 Å². The summed E-state index contributed by atoms with van der Waals surface area (Å²) in [5.41, 5.74) is 0. The SMILES string of the molecule is CC.CCOC(=O)NC(CO)C(=O)NC. The monoisotopic (exact) mass is 220 g/mol. The van der Waals surface area contributed by atoms with E-state index < -0.39 is 24.6 Å². The van der Waals surface area contributed by atoms with Crippen molar-refractivity contribution < 1.29 is 19.4 Å². The summed E-state index contributed by atoms with van der Waals surface area (Å²) >= 11 is 0. The van der Waals surface area contributed by atoms with Crippen LogP contribution in [-0.4, -0.2) is 43.4 Å². The molecule has 1 unspecified atom stereocenters. The van der Waals surface area contributed by atoms with Gasteiger partial charge in [0.2, 0.25) is 5.91 Å². The van der Waals surface area contributed by atoms with Crippen LogP contribution < -0.4 is 10.6 Å². The zero-order valence-electron chi connectivity index (χ0n) is 9.66.